The molecule has 2 heterocycles. The molecule has 1 unspecified atom stereocenters. The van der Waals surface area contributed by atoms with Crippen LogP contribution in [0, 0.1) is 0 Å². The molecule has 0 radical (unpaired) electrons. The average molecular weight is 299 g/mol. The zero-order chi connectivity index (χ0) is 14.6. The van der Waals surface area contributed by atoms with Gasteiger partial charge < -0.3 is 20.7 Å². The molecular formula is C14H25N3O2S. The number of thiocarbonyl (C=S) groups is 1. The van der Waals surface area contributed by atoms with Crippen molar-refractivity contribution in [2.45, 2.75) is 50.2 Å². The minimum Gasteiger partial charge on any atom is -0.391 e. The first-order valence-corrected chi connectivity index (χ1v) is 7.84. The SMILES string of the molecule is CN1CCC(NC(=O)CCC2CCCO2)(C(N)=S)CC1. The number of amides is 1. The summed E-state index contributed by atoms with van der Waals surface area (Å²) in [4.78, 5) is 14.8. The molecule has 2 aliphatic heterocycles. The summed E-state index contributed by atoms with van der Waals surface area (Å²) < 4.78 is 5.54. The first-order chi connectivity index (χ1) is 9.52. The maximum absolute atomic E-state index is 12.2. The summed E-state index contributed by atoms with van der Waals surface area (Å²) >= 11 is 5.20. The number of carbonyl (C=O) groups is 1. The zero-order valence-electron chi connectivity index (χ0n) is 12.2. The van der Waals surface area contributed by atoms with E-state index >= 15 is 0 Å². The van der Waals surface area contributed by atoms with Crippen LogP contribution in [0.5, 0.6) is 0 Å². The number of ether oxygens (including phenoxy) is 1. The molecule has 0 aromatic heterocycles. The van der Waals surface area contributed by atoms with E-state index in [1.165, 1.54) is 0 Å². The fourth-order valence-corrected chi connectivity index (χ4v) is 3.18. The van der Waals surface area contributed by atoms with Gasteiger partial charge in [-0.05, 0) is 39.2 Å². The Morgan fingerprint density at radius 2 is 2.20 bits per heavy atom. The molecule has 3 N–H and O–H groups in total. The standard InChI is InChI=1S/C14H25N3O2S/c1-17-8-6-14(7-9-17,13(15)20)16-12(18)5-4-11-3-2-10-19-11/h11H,2-10H2,1H3,(H2,15,20)(H,16,18). The summed E-state index contributed by atoms with van der Waals surface area (Å²) in [6.45, 7) is 2.64. The second kappa shape index (κ2) is 6.83. The van der Waals surface area contributed by atoms with E-state index in [0.29, 0.717) is 11.4 Å². The lowest BCUT2D eigenvalue weighted by Crippen LogP contribution is -2.61. The van der Waals surface area contributed by atoms with Gasteiger partial charge in [-0.15, -0.1) is 0 Å². The number of rotatable bonds is 5. The monoisotopic (exact) mass is 299 g/mol. The molecule has 0 aliphatic carbocycles. The van der Waals surface area contributed by atoms with Gasteiger partial charge in [0.1, 0.15) is 0 Å². The molecule has 1 atom stereocenters. The van der Waals surface area contributed by atoms with E-state index < -0.39 is 5.54 Å². The van der Waals surface area contributed by atoms with Crippen LogP contribution in [-0.4, -0.2) is 54.2 Å². The number of nitrogens with zero attached hydrogens (tertiary/aromatic N) is 1. The predicted molar refractivity (Wildman–Crippen MR) is 82.6 cm³/mol. The van der Waals surface area contributed by atoms with Crippen LogP contribution in [0.25, 0.3) is 0 Å². The van der Waals surface area contributed by atoms with Gasteiger partial charge in [-0.2, -0.15) is 0 Å². The van der Waals surface area contributed by atoms with Gasteiger partial charge in [0, 0.05) is 26.1 Å². The molecule has 20 heavy (non-hydrogen) atoms. The predicted octanol–water partition coefficient (Wildman–Crippen LogP) is 0.812. The van der Waals surface area contributed by atoms with Crippen molar-refractivity contribution in [3.63, 3.8) is 0 Å². The van der Waals surface area contributed by atoms with E-state index in [1.54, 1.807) is 0 Å². The minimum atomic E-state index is -0.491. The van der Waals surface area contributed by atoms with Crippen LogP contribution in [0.1, 0.15) is 38.5 Å². The van der Waals surface area contributed by atoms with Crippen molar-refractivity contribution in [2.75, 3.05) is 26.7 Å². The fraction of sp³-hybridized carbons (Fsp3) is 0.857. The molecule has 0 aromatic rings. The molecule has 0 saturated carbocycles. The maximum atomic E-state index is 12.2. The van der Waals surface area contributed by atoms with E-state index in [0.717, 1.165) is 51.8 Å². The van der Waals surface area contributed by atoms with E-state index in [-0.39, 0.29) is 12.0 Å². The molecule has 2 saturated heterocycles. The second-order valence-electron chi connectivity index (χ2n) is 5.97. The Balaban J connectivity index is 1.84. The highest BCUT2D eigenvalue weighted by molar-refractivity contribution is 7.80. The Hall–Kier alpha value is -0.720. The summed E-state index contributed by atoms with van der Waals surface area (Å²) in [6, 6.07) is 0. The third kappa shape index (κ3) is 3.90. The molecule has 114 valence electrons. The Morgan fingerprint density at radius 3 is 2.75 bits per heavy atom. The summed E-state index contributed by atoms with van der Waals surface area (Å²) in [5.41, 5.74) is 5.40. The second-order valence-corrected chi connectivity index (χ2v) is 6.41. The summed E-state index contributed by atoms with van der Waals surface area (Å²) in [5.74, 6) is 0.0397. The van der Waals surface area contributed by atoms with Gasteiger partial charge in [-0.1, -0.05) is 12.2 Å². The number of carbonyl (C=O) groups excluding carboxylic acids is 1. The zero-order valence-corrected chi connectivity index (χ0v) is 13.0. The topological polar surface area (TPSA) is 67.6 Å². The number of piperidine rings is 1. The van der Waals surface area contributed by atoms with Crippen molar-refractivity contribution in [1.82, 2.24) is 10.2 Å². The molecule has 2 fully saturated rings. The highest BCUT2D eigenvalue weighted by Gasteiger charge is 2.37. The Bertz CT molecular complexity index is 361. The highest BCUT2D eigenvalue weighted by atomic mass is 32.1. The normalized spacial score (nSPS) is 26.4. The van der Waals surface area contributed by atoms with Gasteiger partial charge in [-0.3, -0.25) is 4.79 Å². The van der Waals surface area contributed by atoms with Crippen molar-refractivity contribution in [3.05, 3.63) is 0 Å². The van der Waals surface area contributed by atoms with Crippen LogP contribution < -0.4 is 11.1 Å². The van der Waals surface area contributed by atoms with Crippen molar-refractivity contribution >= 4 is 23.1 Å². The number of nitrogens with two attached hydrogens (primary N) is 1. The molecule has 6 heteroatoms. The van der Waals surface area contributed by atoms with Gasteiger partial charge in [-0.25, -0.2) is 0 Å². The average Bonchev–Trinajstić information content (AvgIpc) is 2.92. The quantitative estimate of drug-likeness (QED) is 0.736. The van der Waals surface area contributed by atoms with E-state index in [2.05, 4.69) is 17.3 Å². The van der Waals surface area contributed by atoms with E-state index in [4.69, 9.17) is 22.7 Å². The number of nitrogens with one attached hydrogen (secondary N) is 1. The van der Waals surface area contributed by atoms with Gasteiger partial charge >= 0.3 is 0 Å². The lowest BCUT2D eigenvalue weighted by molar-refractivity contribution is -0.123. The lowest BCUT2D eigenvalue weighted by atomic mass is 9.87. The first-order valence-electron chi connectivity index (χ1n) is 7.43. The van der Waals surface area contributed by atoms with Crippen molar-refractivity contribution in [3.8, 4) is 0 Å². The lowest BCUT2D eigenvalue weighted by Gasteiger charge is -2.40. The number of hydrogen-bond acceptors (Lipinski definition) is 4. The molecule has 0 aromatic carbocycles. The summed E-state index contributed by atoms with van der Waals surface area (Å²) in [5, 5.41) is 3.09. The third-order valence-electron chi connectivity index (χ3n) is 4.41. The largest absolute Gasteiger partial charge is 0.391 e. The molecule has 2 aliphatic rings. The third-order valence-corrected chi connectivity index (χ3v) is 4.80. The van der Waals surface area contributed by atoms with Crippen LogP contribution >= 0.6 is 12.2 Å². The van der Waals surface area contributed by atoms with Gasteiger partial charge in [0.25, 0.3) is 0 Å². The maximum Gasteiger partial charge on any atom is 0.220 e. The highest BCUT2D eigenvalue weighted by Crippen LogP contribution is 2.23. The molecule has 5 nitrogen and oxygen atoms in total. The Kier molecular flexibility index (Phi) is 5.35. The van der Waals surface area contributed by atoms with Crippen LogP contribution in [0.4, 0.5) is 0 Å². The van der Waals surface area contributed by atoms with E-state index in [1.807, 2.05) is 0 Å². The molecule has 2 rings (SSSR count). The fourth-order valence-electron chi connectivity index (χ4n) is 2.93. The Labute approximate surface area is 126 Å². The van der Waals surface area contributed by atoms with E-state index in [9.17, 15) is 4.79 Å². The van der Waals surface area contributed by atoms with Gasteiger partial charge in [0.05, 0.1) is 16.6 Å². The van der Waals surface area contributed by atoms with Crippen molar-refractivity contribution < 1.29 is 9.53 Å². The van der Waals surface area contributed by atoms with Crippen molar-refractivity contribution in [1.29, 1.82) is 0 Å². The Morgan fingerprint density at radius 1 is 1.50 bits per heavy atom. The van der Waals surface area contributed by atoms with Crippen molar-refractivity contribution in [2.24, 2.45) is 5.73 Å². The molecular weight excluding hydrogens is 274 g/mol. The molecule has 0 spiro atoms. The molecule has 0 bridgehead atoms. The van der Waals surface area contributed by atoms with Gasteiger partial charge in [0.2, 0.25) is 5.91 Å². The van der Waals surface area contributed by atoms with Crippen LogP contribution in [-0.2, 0) is 9.53 Å². The van der Waals surface area contributed by atoms with Crippen LogP contribution in [0.15, 0.2) is 0 Å². The van der Waals surface area contributed by atoms with Crippen LogP contribution in [0.3, 0.4) is 0 Å². The van der Waals surface area contributed by atoms with Gasteiger partial charge in [0.15, 0.2) is 0 Å². The minimum absolute atomic E-state index is 0.0397. The summed E-state index contributed by atoms with van der Waals surface area (Å²) in [6.07, 6.45) is 5.30. The smallest absolute Gasteiger partial charge is 0.220 e. The molecule has 1 amide bonds. The summed E-state index contributed by atoms with van der Waals surface area (Å²) in [7, 11) is 2.07. The van der Waals surface area contributed by atoms with Crippen LogP contribution in [0.2, 0.25) is 0 Å². The first kappa shape index (κ1) is 15.7. The number of likely N-dealkylation sites (tertiary alicyclic amines) is 1. The number of hydrogen-bond donors (Lipinski definition) is 2.